The Bertz CT molecular complexity index is 989. The van der Waals surface area contributed by atoms with Gasteiger partial charge in [-0.05, 0) is 50.5 Å². The highest BCUT2D eigenvalue weighted by Gasteiger charge is 2.30. The molecule has 34 heavy (non-hydrogen) atoms. The van der Waals surface area contributed by atoms with Gasteiger partial charge < -0.3 is 15.0 Å². The number of nitro benzene ring substituents is 1. The fourth-order valence-corrected chi connectivity index (χ4v) is 4.26. The molecule has 184 valence electrons. The number of nitro groups is 1. The molecule has 2 amide bonds. The standard InChI is InChI=1S/C25H33N3O5S/c1-6-22(24(30)26-25(2,3)4)27(15-19-8-7-9-21(14-19)33-5)23(29)17-34-16-18-10-12-20(13-11-18)28(31)32/h7-14,22H,6,15-17H2,1-5H3,(H,26,30)/t22-/m1/s1. The molecule has 0 aliphatic heterocycles. The molecule has 0 heterocycles. The molecular weight excluding hydrogens is 454 g/mol. The number of thioether (sulfide) groups is 1. The summed E-state index contributed by atoms with van der Waals surface area (Å²) in [6.07, 6.45) is 0.477. The second kappa shape index (κ2) is 12.4. The molecule has 9 heteroatoms. The Balaban J connectivity index is 2.16. The number of hydrogen-bond donors (Lipinski definition) is 1. The van der Waals surface area contributed by atoms with Crippen LogP contribution in [0.5, 0.6) is 5.75 Å². The van der Waals surface area contributed by atoms with Gasteiger partial charge in [0.15, 0.2) is 0 Å². The number of amides is 2. The van der Waals surface area contributed by atoms with Gasteiger partial charge in [-0.3, -0.25) is 19.7 Å². The van der Waals surface area contributed by atoms with Crippen LogP contribution in [0.15, 0.2) is 48.5 Å². The Kier molecular flexibility index (Phi) is 9.92. The first-order chi connectivity index (χ1) is 16.0. The van der Waals surface area contributed by atoms with E-state index in [1.807, 2.05) is 52.0 Å². The first kappa shape index (κ1) is 27.2. The Labute approximate surface area is 205 Å². The molecule has 0 aliphatic rings. The topological polar surface area (TPSA) is 102 Å². The van der Waals surface area contributed by atoms with Crippen LogP contribution in [0.4, 0.5) is 5.69 Å². The minimum atomic E-state index is -0.613. The molecule has 2 aromatic rings. The Hall–Kier alpha value is -3.07. The third-order valence-corrected chi connectivity index (χ3v) is 6.00. The summed E-state index contributed by atoms with van der Waals surface area (Å²) in [7, 11) is 1.59. The molecule has 0 unspecified atom stereocenters. The lowest BCUT2D eigenvalue weighted by atomic mass is 10.1. The summed E-state index contributed by atoms with van der Waals surface area (Å²) in [4.78, 5) is 38.4. The zero-order chi connectivity index (χ0) is 25.3. The highest BCUT2D eigenvalue weighted by Crippen LogP contribution is 2.21. The molecule has 1 N–H and O–H groups in total. The van der Waals surface area contributed by atoms with Crippen LogP contribution in [0.2, 0.25) is 0 Å². The molecule has 0 aromatic heterocycles. The van der Waals surface area contributed by atoms with Crippen LogP contribution in [0.3, 0.4) is 0 Å². The van der Waals surface area contributed by atoms with E-state index in [0.29, 0.717) is 17.9 Å². The number of methoxy groups -OCH3 is 1. The second-order valence-electron chi connectivity index (χ2n) is 8.95. The van der Waals surface area contributed by atoms with E-state index in [9.17, 15) is 19.7 Å². The van der Waals surface area contributed by atoms with E-state index in [4.69, 9.17) is 4.74 Å². The number of nitrogens with zero attached hydrogens (tertiary/aromatic N) is 2. The van der Waals surface area contributed by atoms with Crippen molar-refractivity contribution in [1.82, 2.24) is 10.2 Å². The van der Waals surface area contributed by atoms with Gasteiger partial charge in [-0.2, -0.15) is 0 Å². The summed E-state index contributed by atoms with van der Waals surface area (Å²) in [5.41, 5.74) is 1.38. The number of nitrogens with one attached hydrogen (secondary N) is 1. The maximum absolute atomic E-state index is 13.3. The van der Waals surface area contributed by atoms with Crippen molar-refractivity contribution in [3.05, 3.63) is 69.8 Å². The van der Waals surface area contributed by atoms with E-state index in [1.165, 1.54) is 23.9 Å². The van der Waals surface area contributed by atoms with Gasteiger partial charge in [0.2, 0.25) is 11.8 Å². The zero-order valence-corrected chi connectivity index (χ0v) is 21.2. The van der Waals surface area contributed by atoms with Gasteiger partial charge >= 0.3 is 0 Å². The summed E-state index contributed by atoms with van der Waals surface area (Å²) >= 11 is 1.41. The van der Waals surface area contributed by atoms with Crippen molar-refractivity contribution >= 4 is 29.3 Å². The first-order valence-corrected chi connectivity index (χ1v) is 12.2. The summed E-state index contributed by atoms with van der Waals surface area (Å²) in [5, 5.41) is 13.8. The predicted octanol–water partition coefficient (Wildman–Crippen LogP) is 4.56. The number of hydrogen-bond acceptors (Lipinski definition) is 6. The normalized spacial score (nSPS) is 12.0. The molecular formula is C25H33N3O5S. The summed E-state index contributed by atoms with van der Waals surface area (Å²) in [6, 6.07) is 13.1. The minimum absolute atomic E-state index is 0.0324. The number of carbonyl (C=O) groups is 2. The van der Waals surface area contributed by atoms with Crippen molar-refractivity contribution in [2.24, 2.45) is 0 Å². The van der Waals surface area contributed by atoms with Crippen LogP contribution >= 0.6 is 11.8 Å². The lowest BCUT2D eigenvalue weighted by Crippen LogP contribution is -2.53. The maximum atomic E-state index is 13.3. The minimum Gasteiger partial charge on any atom is -0.497 e. The highest BCUT2D eigenvalue weighted by atomic mass is 32.2. The van der Waals surface area contributed by atoms with E-state index >= 15 is 0 Å². The van der Waals surface area contributed by atoms with Crippen LogP contribution in [-0.4, -0.2) is 46.1 Å². The third kappa shape index (κ3) is 8.37. The number of carbonyl (C=O) groups excluding carboxylic acids is 2. The fraction of sp³-hybridized carbons (Fsp3) is 0.440. The molecule has 0 radical (unpaired) electrons. The smallest absolute Gasteiger partial charge is 0.269 e. The number of non-ortho nitro benzene ring substituents is 1. The van der Waals surface area contributed by atoms with Crippen LogP contribution < -0.4 is 10.1 Å². The molecule has 2 aromatic carbocycles. The molecule has 0 fully saturated rings. The monoisotopic (exact) mass is 487 g/mol. The summed E-state index contributed by atoms with van der Waals surface area (Å²) < 4.78 is 5.31. The van der Waals surface area contributed by atoms with Gasteiger partial charge in [-0.25, -0.2) is 0 Å². The van der Waals surface area contributed by atoms with Crippen molar-refractivity contribution in [1.29, 1.82) is 0 Å². The molecule has 0 saturated carbocycles. The van der Waals surface area contributed by atoms with Gasteiger partial charge in [0, 0.05) is 30.0 Å². The van der Waals surface area contributed by atoms with Crippen molar-refractivity contribution in [3.63, 3.8) is 0 Å². The molecule has 0 saturated heterocycles. The van der Waals surface area contributed by atoms with Gasteiger partial charge in [0.05, 0.1) is 17.8 Å². The van der Waals surface area contributed by atoms with Crippen molar-refractivity contribution < 1.29 is 19.2 Å². The Morgan fingerprint density at radius 3 is 2.38 bits per heavy atom. The average Bonchev–Trinajstić information content (AvgIpc) is 2.78. The molecule has 8 nitrogen and oxygen atoms in total. The van der Waals surface area contributed by atoms with E-state index in [2.05, 4.69) is 5.32 Å². The van der Waals surface area contributed by atoms with Crippen molar-refractivity contribution in [2.75, 3.05) is 12.9 Å². The van der Waals surface area contributed by atoms with Crippen LogP contribution in [0.1, 0.15) is 45.2 Å². The van der Waals surface area contributed by atoms with Crippen LogP contribution in [0, 0.1) is 10.1 Å². The average molecular weight is 488 g/mol. The highest BCUT2D eigenvalue weighted by molar-refractivity contribution is 7.99. The summed E-state index contributed by atoms with van der Waals surface area (Å²) in [6.45, 7) is 7.90. The van der Waals surface area contributed by atoms with Crippen molar-refractivity contribution in [2.45, 2.75) is 58.0 Å². The van der Waals surface area contributed by atoms with E-state index in [0.717, 1.165) is 11.1 Å². The van der Waals surface area contributed by atoms with E-state index < -0.39 is 16.5 Å². The van der Waals surface area contributed by atoms with E-state index in [1.54, 1.807) is 24.1 Å². The molecule has 0 bridgehead atoms. The lowest BCUT2D eigenvalue weighted by Gasteiger charge is -2.33. The zero-order valence-electron chi connectivity index (χ0n) is 20.4. The largest absolute Gasteiger partial charge is 0.497 e. The quantitative estimate of drug-likeness (QED) is 0.368. The molecule has 2 rings (SSSR count). The molecule has 1 atom stereocenters. The fourth-order valence-electron chi connectivity index (χ4n) is 3.39. The van der Waals surface area contributed by atoms with Crippen molar-refractivity contribution in [3.8, 4) is 5.75 Å². The van der Waals surface area contributed by atoms with Gasteiger partial charge in [-0.1, -0.05) is 31.2 Å². The SMILES string of the molecule is CC[C@H](C(=O)NC(C)(C)C)N(Cc1cccc(OC)c1)C(=O)CSCc1ccc([N+](=O)[O-])cc1. The molecule has 0 aliphatic carbocycles. The number of rotatable bonds is 11. The predicted molar refractivity (Wildman–Crippen MR) is 135 cm³/mol. The first-order valence-electron chi connectivity index (χ1n) is 11.1. The van der Waals surface area contributed by atoms with Gasteiger partial charge in [0.25, 0.3) is 5.69 Å². The lowest BCUT2D eigenvalue weighted by molar-refractivity contribution is -0.384. The number of benzene rings is 2. The van der Waals surface area contributed by atoms with Crippen LogP contribution in [-0.2, 0) is 21.9 Å². The summed E-state index contributed by atoms with van der Waals surface area (Å²) in [5.74, 6) is 1.06. The number of ether oxygens (including phenoxy) is 1. The van der Waals surface area contributed by atoms with Gasteiger partial charge in [-0.15, -0.1) is 11.8 Å². The van der Waals surface area contributed by atoms with E-state index in [-0.39, 0.29) is 29.8 Å². The third-order valence-electron chi connectivity index (χ3n) is 5.01. The molecule has 0 spiro atoms. The Morgan fingerprint density at radius 1 is 1.15 bits per heavy atom. The Morgan fingerprint density at radius 2 is 1.82 bits per heavy atom. The second-order valence-corrected chi connectivity index (χ2v) is 9.94. The van der Waals surface area contributed by atoms with Gasteiger partial charge in [0.1, 0.15) is 11.8 Å². The maximum Gasteiger partial charge on any atom is 0.269 e. The van der Waals surface area contributed by atoms with Crippen LogP contribution in [0.25, 0.3) is 0 Å².